The molecule has 0 saturated heterocycles. The molecule has 0 bridgehead atoms. The number of carboxylic acid groups (broad SMARTS) is 1. The molecule has 11 heteroatoms. The van der Waals surface area contributed by atoms with Gasteiger partial charge in [-0.25, -0.2) is 9.79 Å². The van der Waals surface area contributed by atoms with E-state index < -0.39 is 46.7 Å². The van der Waals surface area contributed by atoms with Crippen molar-refractivity contribution < 1.29 is 32.7 Å². The zero-order valence-electron chi connectivity index (χ0n) is 20.2. The van der Waals surface area contributed by atoms with Crippen LogP contribution in [-0.4, -0.2) is 39.6 Å². The number of carbonyl (C=O) groups is 3. The van der Waals surface area contributed by atoms with E-state index in [1.165, 1.54) is 38.2 Å². The first kappa shape index (κ1) is 26.5. The summed E-state index contributed by atoms with van der Waals surface area (Å²) in [5.74, 6) is -3.10. The number of fused-ring (bicyclic) bond motifs is 1. The zero-order valence-corrected chi connectivity index (χ0v) is 20.2. The number of aliphatic imine (C=N–C) groups is 1. The fraction of sp³-hybridized carbons (Fsp3) is 0.222. The number of hydrogen-bond donors (Lipinski definition) is 2. The molecule has 1 amide bonds. The number of aliphatic carboxylic acids is 1. The van der Waals surface area contributed by atoms with E-state index in [9.17, 15) is 37.5 Å². The minimum atomic E-state index is -4.76. The Morgan fingerprint density at radius 3 is 2.42 bits per heavy atom. The van der Waals surface area contributed by atoms with Crippen LogP contribution in [0.1, 0.15) is 28.3 Å². The second-order valence-corrected chi connectivity index (χ2v) is 8.87. The van der Waals surface area contributed by atoms with E-state index in [4.69, 9.17) is 0 Å². The highest BCUT2D eigenvalue weighted by molar-refractivity contribution is 6.45. The van der Waals surface area contributed by atoms with Crippen molar-refractivity contribution in [3.05, 3.63) is 87.3 Å². The minimum absolute atomic E-state index is 0.0180. The van der Waals surface area contributed by atoms with Crippen LogP contribution in [0, 0.1) is 6.92 Å². The first-order valence-corrected chi connectivity index (χ1v) is 11.5. The topological polar surface area (TPSA) is 118 Å². The fourth-order valence-corrected chi connectivity index (χ4v) is 4.33. The maximum absolute atomic E-state index is 13.7. The third-order valence-corrected chi connectivity index (χ3v) is 6.44. The number of carbonyl (C=O) groups excluding carboxylic acids is 2. The van der Waals surface area contributed by atoms with Crippen LogP contribution in [-0.2, 0) is 34.0 Å². The van der Waals surface area contributed by atoms with Crippen molar-refractivity contribution >= 4 is 29.6 Å². The van der Waals surface area contributed by atoms with Gasteiger partial charge in [0.25, 0.3) is 11.5 Å². The quantitative estimate of drug-likeness (QED) is 0.458. The Labute approximate surface area is 214 Å². The summed E-state index contributed by atoms with van der Waals surface area (Å²) in [4.78, 5) is 53.2. The lowest BCUT2D eigenvalue weighted by atomic mass is 9.96. The van der Waals surface area contributed by atoms with Crippen molar-refractivity contribution in [1.29, 1.82) is 0 Å². The van der Waals surface area contributed by atoms with Gasteiger partial charge in [-0.3, -0.25) is 9.59 Å². The average Bonchev–Trinajstić information content (AvgIpc) is 3.25. The summed E-state index contributed by atoms with van der Waals surface area (Å²) in [5.41, 5.74) is -0.986. The summed E-state index contributed by atoms with van der Waals surface area (Å²) >= 11 is 0. The molecule has 2 atom stereocenters. The van der Waals surface area contributed by atoms with Crippen LogP contribution in [0.15, 0.2) is 64.4 Å². The van der Waals surface area contributed by atoms with Gasteiger partial charge in [-0.05, 0) is 35.7 Å². The summed E-state index contributed by atoms with van der Waals surface area (Å²) in [6.45, 7) is 1.40. The van der Waals surface area contributed by atoms with E-state index in [-0.39, 0.29) is 23.4 Å². The number of aryl methyl sites for hydroxylation is 1. The number of rotatable bonds is 7. The predicted octanol–water partition coefficient (Wildman–Crippen LogP) is 3.56. The first-order chi connectivity index (χ1) is 17.9. The monoisotopic (exact) mass is 525 g/mol. The Balaban J connectivity index is 1.57. The van der Waals surface area contributed by atoms with Crippen LogP contribution >= 0.6 is 0 Å². The molecule has 0 fully saturated rings. The molecule has 2 heterocycles. The first-order valence-electron chi connectivity index (χ1n) is 11.5. The lowest BCUT2D eigenvalue weighted by Crippen LogP contribution is -2.46. The average molecular weight is 525 g/mol. The number of pyridine rings is 1. The van der Waals surface area contributed by atoms with Crippen LogP contribution in [0.2, 0.25) is 0 Å². The molecule has 3 aromatic rings. The number of nitrogens with one attached hydrogen (secondary N) is 1. The van der Waals surface area contributed by atoms with E-state index >= 15 is 0 Å². The smallest absolute Gasteiger partial charge is 0.417 e. The van der Waals surface area contributed by atoms with Gasteiger partial charge in [0.2, 0.25) is 0 Å². The highest BCUT2D eigenvalue weighted by Crippen LogP contribution is 2.36. The lowest BCUT2D eigenvalue weighted by Gasteiger charge is -2.17. The second kappa shape index (κ2) is 10.1. The summed E-state index contributed by atoms with van der Waals surface area (Å²) in [5, 5.41) is 12.1. The SMILES string of the molecule is Cc1cc(C(F)(F)F)c(-c2ccc(C[C@H](NC(=O)C3=Nc4ccccc4C3C=O)C(=O)O)cc2)c(=O)n1C. The number of halogens is 3. The number of aromatic nitrogens is 1. The maximum Gasteiger partial charge on any atom is 0.417 e. The zero-order chi connectivity index (χ0) is 27.8. The number of aldehydes is 1. The van der Waals surface area contributed by atoms with Gasteiger partial charge in [0.1, 0.15) is 18.0 Å². The summed E-state index contributed by atoms with van der Waals surface area (Å²) < 4.78 is 42.1. The van der Waals surface area contributed by atoms with Crippen LogP contribution in [0.4, 0.5) is 18.9 Å². The number of alkyl halides is 3. The summed E-state index contributed by atoms with van der Waals surface area (Å²) in [6, 6.07) is 11.6. The van der Waals surface area contributed by atoms with Crippen LogP contribution in [0.25, 0.3) is 11.1 Å². The molecule has 0 radical (unpaired) electrons. The number of para-hydroxylation sites is 1. The molecule has 8 nitrogen and oxygen atoms in total. The highest BCUT2D eigenvalue weighted by Gasteiger charge is 2.36. The third-order valence-electron chi connectivity index (χ3n) is 6.44. The number of benzene rings is 2. The molecule has 2 N–H and O–H groups in total. The van der Waals surface area contributed by atoms with Gasteiger partial charge in [-0.2, -0.15) is 13.2 Å². The van der Waals surface area contributed by atoms with Crippen molar-refractivity contribution in [1.82, 2.24) is 9.88 Å². The molecular weight excluding hydrogens is 503 g/mol. The molecule has 38 heavy (non-hydrogen) atoms. The second-order valence-electron chi connectivity index (χ2n) is 8.87. The molecule has 0 spiro atoms. The van der Waals surface area contributed by atoms with Gasteiger partial charge in [0, 0.05) is 19.2 Å². The van der Waals surface area contributed by atoms with Crippen molar-refractivity contribution in [2.45, 2.75) is 31.5 Å². The normalized spacial score (nSPS) is 15.4. The Morgan fingerprint density at radius 2 is 1.82 bits per heavy atom. The molecule has 2 aromatic carbocycles. The van der Waals surface area contributed by atoms with E-state index in [0.29, 0.717) is 23.1 Å². The number of hydrogen-bond acceptors (Lipinski definition) is 5. The minimum Gasteiger partial charge on any atom is -0.480 e. The number of nitrogens with zero attached hydrogens (tertiary/aromatic N) is 2. The van der Waals surface area contributed by atoms with Gasteiger partial charge in [0.15, 0.2) is 0 Å². The number of carboxylic acids is 1. The Kier molecular flexibility index (Phi) is 7.03. The van der Waals surface area contributed by atoms with Gasteiger partial charge < -0.3 is 19.8 Å². The number of amides is 1. The molecule has 1 unspecified atom stereocenters. The molecule has 196 valence electrons. The van der Waals surface area contributed by atoms with Crippen molar-refractivity contribution in [3.8, 4) is 11.1 Å². The molecule has 1 aliphatic rings. The van der Waals surface area contributed by atoms with E-state index in [1.807, 2.05) is 0 Å². The molecular formula is C27H22F3N3O5. The van der Waals surface area contributed by atoms with Crippen molar-refractivity contribution in [2.24, 2.45) is 12.0 Å². The fourth-order valence-electron chi connectivity index (χ4n) is 4.33. The Hall–Kier alpha value is -4.54. The Morgan fingerprint density at radius 1 is 1.16 bits per heavy atom. The van der Waals surface area contributed by atoms with Crippen molar-refractivity contribution in [2.75, 3.05) is 0 Å². The molecule has 4 rings (SSSR count). The standard InChI is InChI=1S/C27H22F3N3O5/c1-14-11-19(27(28,29)30)22(25(36)33(14)2)16-9-7-15(8-10-16)12-21(26(37)38)32-24(35)23-18(13-34)17-5-3-4-6-20(17)31-23/h3-11,13,18,21H,12H2,1-2H3,(H,32,35)(H,37,38)/t18?,21-/m0/s1. The van der Waals surface area contributed by atoms with Gasteiger partial charge in [0.05, 0.1) is 22.7 Å². The highest BCUT2D eigenvalue weighted by atomic mass is 19.4. The third kappa shape index (κ3) is 4.99. The molecule has 0 aliphatic carbocycles. The summed E-state index contributed by atoms with van der Waals surface area (Å²) in [6.07, 6.45) is -4.40. The van der Waals surface area contributed by atoms with E-state index in [1.54, 1.807) is 24.3 Å². The lowest BCUT2D eigenvalue weighted by molar-refractivity contribution is -0.141. The van der Waals surface area contributed by atoms with Crippen LogP contribution in [0.3, 0.4) is 0 Å². The van der Waals surface area contributed by atoms with E-state index in [2.05, 4.69) is 10.3 Å². The predicted molar refractivity (Wildman–Crippen MR) is 132 cm³/mol. The summed E-state index contributed by atoms with van der Waals surface area (Å²) in [7, 11) is 1.37. The van der Waals surface area contributed by atoms with Crippen LogP contribution < -0.4 is 10.9 Å². The Bertz CT molecular complexity index is 1520. The van der Waals surface area contributed by atoms with Gasteiger partial charge in [-0.1, -0.05) is 42.5 Å². The van der Waals surface area contributed by atoms with Crippen LogP contribution in [0.5, 0.6) is 0 Å². The molecule has 1 aliphatic heterocycles. The maximum atomic E-state index is 13.7. The van der Waals surface area contributed by atoms with E-state index in [0.717, 1.165) is 10.6 Å². The van der Waals surface area contributed by atoms with Gasteiger partial charge in [-0.15, -0.1) is 0 Å². The van der Waals surface area contributed by atoms with Gasteiger partial charge >= 0.3 is 12.1 Å². The largest absolute Gasteiger partial charge is 0.480 e. The van der Waals surface area contributed by atoms with Crippen molar-refractivity contribution in [3.63, 3.8) is 0 Å². The molecule has 1 aromatic heterocycles. The molecule has 0 saturated carbocycles.